The Hall–Kier alpha value is -3.72. The Morgan fingerprint density at radius 3 is 1.71 bits per heavy atom. The molecule has 0 spiro atoms. The van der Waals surface area contributed by atoms with Gasteiger partial charge in [-0.05, 0) is 34.2 Å². The van der Waals surface area contributed by atoms with Crippen LogP contribution in [0, 0.1) is 0 Å². The molecule has 6 rings (SSSR count). The van der Waals surface area contributed by atoms with Crippen molar-refractivity contribution < 1.29 is 4.74 Å². The van der Waals surface area contributed by atoms with E-state index in [9.17, 15) is 0 Å². The van der Waals surface area contributed by atoms with E-state index in [1.165, 1.54) is 15.9 Å². The van der Waals surface area contributed by atoms with Gasteiger partial charge in [-0.15, -0.1) is 0 Å². The lowest BCUT2D eigenvalue weighted by Gasteiger charge is -2.29. The number of nitrogens with zero attached hydrogens (tertiary/aromatic N) is 1. The zero-order chi connectivity index (χ0) is 23.0. The van der Waals surface area contributed by atoms with Gasteiger partial charge in [-0.2, -0.15) is 0 Å². The highest BCUT2D eigenvalue weighted by Crippen LogP contribution is 2.48. The van der Waals surface area contributed by atoms with Crippen LogP contribution in [0.3, 0.4) is 0 Å². The summed E-state index contributed by atoms with van der Waals surface area (Å²) < 4.78 is 6.25. The van der Waals surface area contributed by atoms with Crippen LogP contribution < -0.4 is 15.9 Å². The number of fused-ring (bicyclic) bond motifs is 1. The number of aliphatic imine (C=N–C) groups is 1. The first-order chi connectivity index (χ1) is 16.8. The second kappa shape index (κ2) is 8.57. The summed E-state index contributed by atoms with van der Waals surface area (Å²) in [5, 5.41) is 5.07. The van der Waals surface area contributed by atoms with E-state index in [2.05, 4.69) is 83.8 Å². The molecule has 0 saturated heterocycles. The highest BCUT2D eigenvalue weighted by atomic mass is 32.1. The Kier molecular flexibility index (Phi) is 5.26. The molecule has 3 nitrogen and oxygen atoms in total. The fourth-order valence-electron chi connectivity index (χ4n) is 4.64. The zero-order valence-corrected chi connectivity index (χ0v) is 20.0. The largest absolute Gasteiger partial charge is 0.424 e. The first-order valence-corrected chi connectivity index (χ1v) is 13.3. The van der Waals surface area contributed by atoms with Crippen LogP contribution in [0.25, 0.3) is 10.9 Å². The van der Waals surface area contributed by atoms with Crippen LogP contribution in [0.4, 0.5) is 0 Å². The third kappa shape index (κ3) is 3.27. The van der Waals surface area contributed by atoms with E-state index in [-0.39, 0.29) is 0 Å². The van der Waals surface area contributed by atoms with Gasteiger partial charge in [0.1, 0.15) is 5.42 Å². The fraction of sp³-hybridized carbons (Fsp3) is 0. The minimum absolute atomic E-state index is 0.435. The normalized spacial score (nSPS) is 13.7. The van der Waals surface area contributed by atoms with Gasteiger partial charge in [-0.3, -0.25) is 0 Å². The van der Waals surface area contributed by atoms with Crippen molar-refractivity contribution in [3.05, 3.63) is 127 Å². The van der Waals surface area contributed by atoms with Crippen LogP contribution in [0.5, 0.6) is 0 Å². The van der Waals surface area contributed by atoms with Crippen LogP contribution in [0.1, 0.15) is 5.56 Å². The number of nitrogens with one attached hydrogen (secondary N) is 1. The smallest absolute Gasteiger partial charge is 0.230 e. The highest BCUT2D eigenvalue weighted by molar-refractivity contribution is 7.98. The zero-order valence-electron chi connectivity index (χ0n) is 18.3. The number of hydrogen-bond donors (Lipinski definition) is 1. The minimum atomic E-state index is -2.40. The molecular weight excluding hydrogens is 455 g/mol. The van der Waals surface area contributed by atoms with E-state index in [4.69, 9.17) is 21.9 Å². The first kappa shape index (κ1) is 20.9. The van der Waals surface area contributed by atoms with E-state index in [0.717, 1.165) is 21.9 Å². The van der Waals surface area contributed by atoms with Gasteiger partial charge >= 0.3 is 0 Å². The monoisotopic (exact) mass is 476 g/mol. The Morgan fingerprint density at radius 2 is 1.15 bits per heavy atom. The van der Waals surface area contributed by atoms with Crippen molar-refractivity contribution in [3.8, 4) is 0 Å². The molecule has 0 bridgehead atoms. The summed E-state index contributed by atoms with van der Waals surface area (Å²) in [4.78, 5) is 8.49. The Balaban J connectivity index is 1.74. The van der Waals surface area contributed by atoms with Gasteiger partial charge < -0.3 is 9.72 Å². The van der Waals surface area contributed by atoms with E-state index < -0.39 is 6.89 Å². The van der Waals surface area contributed by atoms with E-state index in [0.29, 0.717) is 10.9 Å². The quantitative estimate of drug-likeness (QED) is 0.279. The molecule has 0 unspecified atom stereocenters. The highest BCUT2D eigenvalue weighted by Gasteiger charge is 2.36. The van der Waals surface area contributed by atoms with E-state index in [1.807, 2.05) is 42.6 Å². The second-order valence-corrected chi connectivity index (χ2v) is 11.7. The van der Waals surface area contributed by atoms with Crippen molar-refractivity contribution >= 4 is 62.3 Å². The number of rotatable bonds is 4. The number of aromatic nitrogens is 1. The molecule has 4 aromatic carbocycles. The van der Waals surface area contributed by atoms with Crippen molar-refractivity contribution in [2.24, 2.45) is 4.99 Å². The number of H-pyrrole nitrogens is 1. The molecule has 5 aromatic rings. The number of para-hydroxylation sites is 1. The van der Waals surface area contributed by atoms with Gasteiger partial charge in [-0.25, -0.2) is 4.99 Å². The summed E-state index contributed by atoms with van der Waals surface area (Å²) >= 11 is 5.91. The number of aromatic amines is 1. The van der Waals surface area contributed by atoms with Gasteiger partial charge in [0, 0.05) is 24.0 Å². The molecule has 0 radical (unpaired) electrons. The average molecular weight is 477 g/mol. The summed E-state index contributed by atoms with van der Waals surface area (Å²) in [6.07, 6.45) is 1.95. The predicted octanol–water partition coefficient (Wildman–Crippen LogP) is 5.40. The maximum atomic E-state index is 6.25. The lowest BCUT2D eigenvalue weighted by molar-refractivity contribution is 0.584. The van der Waals surface area contributed by atoms with E-state index in [1.54, 1.807) is 0 Å². The van der Waals surface area contributed by atoms with Gasteiger partial charge in [0.15, 0.2) is 0 Å². The second-order valence-electron chi connectivity index (χ2n) is 8.06. The molecule has 2 heterocycles. The summed E-state index contributed by atoms with van der Waals surface area (Å²) in [6, 6.07) is 39.9. The molecule has 5 heteroatoms. The van der Waals surface area contributed by atoms with Crippen molar-refractivity contribution in [3.63, 3.8) is 0 Å². The lowest BCUT2D eigenvalue weighted by Crippen LogP contribution is -2.31. The standard InChI is InChI=1S/C29H21N2OPS/c34-29-28(31-27(32-29)25-20-30-26-19-11-10-18-24(25)26)33(21-12-4-1-5-13-21,22-14-6-2-7-15-22)23-16-8-3-9-17-23/h1-20,30H. The van der Waals surface area contributed by atoms with E-state index >= 15 is 0 Å². The van der Waals surface area contributed by atoms with Gasteiger partial charge in [-0.1, -0.05) is 109 Å². The molecule has 1 aliphatic heterocycles. The Morgan fingerprint density at radius 1 is 0.647 bits per heavy atom. The van der Waals surface area contributed by atoms with Gasteiger partial charge in [0.25, 0.3) is 0 Å². The lowest BCUT2D eigenvalue weighted by atomic mass is 10.2. The number of benzene rings is 4. The SMILES string of the molecule is S=C1OC(c2c[nH]c3ccccc23)=NC1=P(c1ccccc1)(c1ccccc1)c1ccccc1. The topological polar surface area (TPSA) is 37.4 Å². The third-order valence-corrected chi connectivity index (χ3v) is 10.7. The summed E-state index contributed by atoms with van der Waals surface area (Å²) in [6.45, 7) is -2.40. The van der Waals surface area contributed by atoms with Crippen molar-refractivity contribution in [1.29, 1.82) is 0 Å². The summed E-state index contributed by atoms with van der Waals surface area (Å²) in [5.74, 6) is 0.546. The molecule has 0 saturated carbocycles. The first-order valence-electron chi connectivity index (χ1n) is 11.1. The Bertz CT molecular complexity index is 1490. The van der Waals surface area contributed by atoms with Crippen molar-refractivity contribution in [1.82, 2.24) is 4.98 Å². The van der Waals surface area contributed by atoms with Crippen LogP contribution in [-0.2, 0) is 4.74 Å². The minimum Gasteiger partial charge on any atom is -0.424 e. The third-order valence-electron chi connectivity index (χ3n) is 6.15. The van der Waals surface area contributed by atoms with Gasteiger partial charge in [0.2, 0.25) is 10.9 Å². The van der Waals surface area contributed by atoms with Crippen LogP contribution in [0.15, 0.2) is 126 Å². The summed E-state index contributed by atoms with van der Waals surface area (Å²) in [7, 11) is 0. The molecule has 1 aromatic heterocycles. The molecule has 0 atom stereocenters. The molecule has 1 N–H and O–H groups in total. The molecule has 0 aliphatic carbocycles. The van der Waals surface area contributed by atoms with Crippen molar-refractivity contribution in [2.75, 3.05) is 0 Å². The molecule has 1 aliphatic rings. The van der Waals surface area contributed by atoms with Gasteiger partial charge in [0.05, 0.1) is 5.56 Å². The van der Waals surface area contributed by atoms with Crippen LogP contribution >= 0.6 is 19.1 Å². The number of hydrogen-bond acceptors (Lipinski definition) is 2. The predicted molar refractivity (Wildman–Crippen MR) is 149 cm³/mol. The van der Waals surface area contributed by atoms with Crippen molar-refractivity contribution in [2.45, 2.75) is 0 Å². The molecule has 34 heavy (non-hydrogen) atoms. The van der Waals surface area contributed by atoms with Crippen LogP contribution in [0.2, 0.25) is 0 Å². The Labute approximate surface area is 203 Å². The average Bonchev–Trinajstić information content (AvgIpc) is 3.50. The molecular formula is C29H21N2OPS. The maximum Gasteiger partial charge on any atom is 0.230 e. The molecule has 164 valence electrons. The summed E-state index contributed by atoms with van der Waals surface area (Å²) in [5.41, 5.74) is 2.78. The number of ether oxygens (including phenoxy) is 1. The molecule has 0 fully saturated rings. The molecule has 0 amide bonds. The number of thiocarbonyl (C=S) groups is 1. The van der Waals surface area contributed by atoms with Crippen LogP contribution in [-0.4, -0.2) is 21.3 Å². The fourth-order valence-corrected chi connectivity index (χ4v) is 9.22. The maximum absolute atomic E-state index is 6.25.